The van der Waals surface area contributed by atoms with Crippen molar-refractivity contribution in [2.24, 2.45) is 40.4 Å². The predicted molar refractivity (Wildman–Crippen MR) is 281 cm³/mol. The fourth-order valence-corrected chi connectivity index (χ4v) is 16.3. The number of rotatable bonds is 16. The van der Waals surface area contributed by atoms with Gasteiger partial charge in [0.25, 0.3) is 0 Å². The topological polar surface area (TPSA) is 425 Å². The van der Waals surface area contributed by atoms with Crippen LogP contribution in [0.3, 0.4) is 0 Å². The summed E-state index contributed by atoms with van der Waals surface area (Å²) in [5.74, 6) is -2.02. The molecule has 27 heteroatoms. The summed E-state index contributed by atoms with van der Waals surface area (Å²) in [6, 6.07) is 0. The van der Waals surface area contributed by atoms with Gasteiger partial charge in [-0.25, -0.2) is 0 Å². The van der Waals surface area contributed by atoms with Gasteiger partial charge in [0.15, 0.2) is 37.2 Å². The molecule has 0 aromatic heterocycles. The number of hydrogen-bond donors (Lipinski definition) is 16. The molecule has 0 bridgehead atoms. The van der Waals surface area contributed by atoms with E-state index in [-0.39, 0.29) is 42.1 Å². The van der Waals surface area contributed by atoms with Gasteiger partial charge in [-0.2, -0.15) is 0 Å². The van der Waals surface area contributed by atoms with Gasteiger partial charge < -0.3 is 134 Å². The molecule has 6 aliphatic heterocycles. The standard InChI is InChI=1S/C57H94O27/c1-21(20-74-49-41(67)40(66)37(63)31(18-58)79-49)10-15-56(72)25(5)57(73)33(84-56)17-30-28-9-8-26-16-27(11-13-54(26,6)29(28)12-14-55(30,57)7)78-53-48(83-51-43(69)39(65)35(61)23(3)76-51)44(70)46(32(19-59)80-53)81-52-45(71)47(36(62)24(4)77-52)82-50-42(68)38(64)34(60)22(2)75-50/h8,21-25,27-53,58-73H,9-20H2,1-7H3/t21-,22+,23+,24+,25-,27+,28-,29+,30+,31-,32-,33+,34+,35+,36+,37-,38-,39-,40+,41-,42-,43-,44+,45-,46-,47-,48-,49-,50+,51+,52+,53-,54+,55+,56+,57-/m1/s1. The Morgan fingerprint density at radius 1 is 0.560 bits per heavy atom. The molecule has 10 rings (SSSR count). The maximum absolute atomic E-state index is 13.0. The van der Waals surface area contributed by atoms with Crippen LogP contribution in [-0.4, -0.2) is 279 Å². The van der Waals surface area contributed by atoms with Crippen LogP contribution in [0.5, 0.6) is 0 Å². The monoisotopic (exact) mass is 1210 g/mol. The van der Waals surface area contributed by atoms with Crippen molar-refractivity contribution >= 4 is 0 Å². The fraction of sp³-hybridized carbons (Fsp3) is 0.965. The van der Waals surface area contributed by atoms with Gasteiger partial charge >= 0.3 is 0 Å². The molecule has 36 atom stereocenters. The van der Waals surface area contributed by atoms with Crippen LogP contribution in [0.15, 0.2) is 11.6 Å². The first-order valence-electron chi connectivity index (χ1n) is 30.2. The van der Waals surface area contributed by atoms with Crippen LogP contribution in [0.4, 0.5) is 0 Å². The van der Waals surface area contributed by atoms with Crippen LogP contribution < -0.4 is 0 Å². The molecule has 6 heterocycles. The maximum Gasteiger partial charge on any atom is 0.187 e. The van der Waals surface area contributed by atoms with E-state index in [0.717, 1.165) is 12.0 Å². The number of fused-ring (bicyclic) bond motifs is 7. The van der Waals surface area contributed by atoms with E-state index in [1.54, 1.807) is 0 Å². The van der Waals surface area contributed by atoms with Crippen molar-refractivity contribution in [1.29, 1.82) is 0 Å². The Morgan fingerprint density at radius 2 is 1.11 bits per heavy atom. The molecule has 84 heavy (non-hydrogen) atoms. The number of ether oxygens (including phenoxy) is 11. The first-order chi connectivity index (χ1) is 39.5. The van der Waals surface area contributed by atoms with Crippen molar-refractivity contribution < 1.29 is 134 Å². The second-order valence-corrected chi connectivity index (χ2v) is 26.7. The molecule has 0 radical (unpaired) electrons. The maximum atomic E-state index is 13.0. The van der Waals surface area contributed by atoms with Gasteiger partial charge in [-0.1, -0.05) is 39.3 Å². The lowest BCUT2D eigenvalue weighted by Gasteiger charge is -2.59. The predicted octanol–water partition coefficient (Wildman–Crippen LogP) is -4.01. The third kappa shape index (κ3) is 11.3. The molecular formula is C57H94O27. The van der Waals surface area contributed by atoms with Crippen molar-refractivity contribution in [3.63, 3.8) is 0 Å². The van der Waals surface area contributed by atoms with E-state index < -0.39 is 202 Å². The highest BCUT2D eigenvalue weighted by atomic mass is 16.8. The lowest BCUT2D eigenvalue weighted by molar-refractivity contribution is -0.394. The van der Waals surface area contributed by atoms with Crippen LogP contribution in [0, 0.1) is 40.4 Å². The molecule has 4 aliphatic carbocycles. The molecule has 0 amide bonds. The third-order valence-corrected chi connectivity index (χ3v) is 21.8. The highest BCUT2D eigenvalue weighted by molar-refractivity contribution is 5.29. The first-order valence-corrected chi connectivity index (χ1v) is 30.2. The molecular weight excluding hydrogens is 1120 g/mol. The van der Waals surface area contributed by atoms with E-state index >= 15 is 0 Å². The molecule has 27 nitrogen and oxygen atoms in total. The Hall–Kier alpha value is -1.34. The summed E-state index contributed by atoms with van der Waals surface area (Å²) >= 11 is 0. The number of aliphatic hydroxyl groups excluding tert-OH is 14. The second-order valence-electron chi connectivity index (χ2n) is 26.7. The molecule has 16 N–H and O–H groups in total. The average Bonchev–Trinajstić information content (AvgIpc) is 1.52. The number of hydrogen-bond acceptors (Lipinski definition) is 27. The van der Waals surface area contributed by atoms with Gasteiger partial charge in [-0.3, -0.25) is 0 Å². The van der Waals surface area contributed by atoms with Gasteiger partial charge in [0.2, 0.25) is 0 Å². The van der Waals surface area contributed by atoms with E-state index in [1.165, 1.54) is 20.8 Å². The second kappa shape index (κ2) is 25.0. The Balaban J connectivity index is 0.806. The van der Waals surface area contributed by atoms with Gasteiger partial charge in [0.05, 0.1) is 50.3 Å². The Kier molecular flexibility index (Phi) is 19.6. The highest BCUT2D eigenvalue weighted by Gasteiger charge is 2.75. The summed E-state index contributed by atoms with van der Waals surface area (Å²) in [6.07, 6.45) is -32.1. The average molecular weight is 1210 g/mol. The van der Waals surface area contributed by atoms with Crippen molar-refractivity contribution in [2.45, 2.75) is 283 Å². The zero-order chi connectivity index (χ0) is 61.0. The molecule has 0 aromatic carbocycles. The molecule has 484 valence electrons. The van der Waals surface area contributed by atoms with Crippen molar-refractivity contribution in [3.05, 3.63) is 11.6 Å². The molecule has 6 saturated heterocycles. The van der Waals surface area contributed by atoms with Crippen LogP contribution >= 0.6 is 0 Å². The van der Waals surface area contributed by atoms with E-state index in [0.29, 0.717) is 44.9 Å². The number of aliphatic hydroxyl groups is 16. The summed E-state index contributed by atoms with van der Waals surface area (Å²) in [6.45, 7) is 11.2. The molecule has 9 fully saturated rings. The Morgan fingerprint density at radius 3 is 1.73 bits per heavy atom. The van der Waals surface area contributed by atoms with Crippen LogP contribution in [0.1, 0.15) is 106 Å². The SMILES string of the molecule is C[C@H](CC[C@]1(O)O[C@H]2C[C@H]3[C@@H]4CC=C5C[C@@H](O[C@@H]6O[C@H](CO)[C@@H](O[C@@H]7O[C@@H](C)[C@H](O)[C@@H](O[C@@H]8O[C@@H](C)[C@H](O)[C@@H](O)[C@H]8O)[C@H]7O)[C@H](O)[C@H]6O[C@@H]6O[C@@H](C)[C@H](O)[C@@H](O)[C@H]6O)CC[C@]5(C)[C@H]4CC[C@]3(C)[C@@]2(O)[C@@H]1C)CO[C@@H]1O[C@H](CO)[C@@H](O)[C@H](O)[C@H]1O. The van der Waals surface area contributed by atoms with Crippen LogP contribution in [0.25, 0.3) is 0 Å². The third-order valence-electron chi connectivity index (χ3n) is 21.8. The highest BCUT2D eigenvalue weighted by Crippen LogP contribution is 2.71. The fourth-order valence-electron chi connectivity index (χ4n) is 16.3. The zero-order valence-corrected chi connectivity index (χ0v) is 48.7. The first kappa shape index (κ1) is 65.6. The smallest absolute Gasteiger partial charge is 0.187 e. The lowest BCUT2D eigenvalue weighted by Crippen LogP contribution is -2.67. The van der Waals surface area contributed by atoms with Gasteiger partial charge in [0.1, 0.15) is 109 Å². The molecule has 3 saturated carbocycles. The van der Waals surface area contributed by atoms with Gasteiger partial charge in [0, 0.05) is 17.8 Å². The van der Waals surface area contributed by atoms with Crippen molar-refractivity contribution in [1.82, 2.24) is 0 Å². The molecule has 0 spiro atoms. The summed E-state index contributed by atoms with van der Waals surface area (Å²) < 4.78 is 66.5. The van der Waals surface area contributed by atoms with E-state index in [2.05, 4.69) is 19.9 Å². The Bertz CT molecular complexity index is 2250. The van der Waals surface area contributed by atoms with Crippen LogP contribution in [-0.2, 0) is 52.1 Å². The van der Waals surface area contributed by atoms with Crippen LogP contribution in [0.2, 0.25) is 0 Å². The van der Waals surface area contributed by atoms with E-state index in [4.69, 9.17) is 52.1 Å². The number of allylic oxidation sites excluding steroid dienone is 1. The molecule has 10 aliphatic rings. The minimum atomic E-state index is -1.88. The van der Waals surface area contributed by atoms with Crippen molar-refractivity contribution in [3.8, 4) is 0 Å². The summed E-state index contributed by atoms with van der Waals surface area (Å²) in [4.78, 5) is 0. The Labute approximate surface area is 487 Å². The van der Waals surface area contributed by atoms with Gasteiger partial charge in [-0.15, -0.1) is 0 Å². The van der Waals surface area contributed by atoms with E-state index in [9.17, 15) is 81.7 Å². The quantitative estimate of drug-likeness (QED) is 0.0655. The minimum absolute atomic E-state index is 0.0616. The van der Waals surface area contributed by atoms with Gasteiger partial charge in [-0.05, 0) is 101 Å². The minimum Gasteiger partial charge on any atom is -0.394 e. The largest absolute Gasteiger partial charge is 0.394 e. The lowest BCUT2D eigenvalue weighted by atomic mass is 9.46. The molecule has 0 aromatic rings. The summed E-state index contributed by atoms with van der Waals surface area (Å²) in [5.41, 5.74) is -1.05. The zero-order valence-electron chi connectivity index (χ0n) is 48.7. The van der Waals surface area contributed by atoms with Crippen molar-refractivity contribution in [2.75, 3.05) is 19.8 Å². The normalized spacial score (nSPS) is 56.2. The molecule has 0 unspecified atom stereocenters. The van der Waals surface area contributed by atoms with E-state index in [1.807, 2.05) is 13.8 Å². The summed E-state index contributed by atoms with van der Waals surface area (Å²) in [7, 11) is 0. The summed E-state index contributed by atoms with van der Waals surface area (Å²) in [5, 5.41) is 175.